The van der Waals surface area contributed by atoms with Gasteiger partial charge in [0, 0.05) is 11.2 Å². The molecule has 0 unspecified atom stereocenters. The summed E-state index contributed by atoms with van der Waals surface area (Å²) in [5.74, 6) is 1.18. The summed E-state index contributed by atoms with van der Waals surface area (Å²) in [4.78, 5) is 31.6. The van der Waals surface area contributed by atoms with Crippen LogP contribution in [0.5, 0.6) is 17.2 Å². The van der Waals surface area contributed by atoms with Crippen molar-refractivity contribution in [1.29, 1.82) is 0 Å². The fourth-order valence-electron chi connectivity index (χ4n) is 4.65. The first kappa shape index (κ1) is 30.6. The maximum atomic E-state index is 13.9. The van der Waals surface area contributed by atoms with E-state index in [9.17, 15) is 9.59 Å². The van der Waals surface area contributed by atoms with Gasteiger partial charge in [0.05, 0.1) is 40.9 Å². The fraction of sp³-hybridized carbons (Fsp3) is 0.219. The lowest BCUT2D eigenvalue weighted by Crippen LogP contribution is -2.39. The minimum Gasteiger partial charge on any atom is -0.490 e. The van der Waals surface area contributed by atoms with Crippen molar-refractivity contribution in [2.24, 2.45) is 4.99 Å². The number of fused-ring (bicyclic) bond motifs is 1. The summed E-state index contributed by atoms with van der Waals surface area (Å²) >= 11 is 10.9. The van der Waals surface area contributed by atoms with Crippen LogP contribution in [0.15, 0.2) is 86.7 Å². The summed E-state index contributed by atoms with van der Waals surface area (Å²) in [5, 5.41) is 0.648. The molecule has 8 nitrogen and oxygen atoms in total. The zero-order valence-electron chi connectivity index (χ0n) is 23.6. The third kappa shape index (κ3) is 6.71. The Hall–Kier alpha value is -3.86. The fourth-order valence-corrected chi connectivity index (χ4v) is 6.34. The van der Waals surface area contributed by atoms with Crippen molar-refractivity contribution < 1.29 is 23.7 Å². The summed E-state index contributed by atoms with van der Waals surface area (Å²) in [6.07, 6.45) is 3.25. The normalized spacial score (nSPS) is 14.4. The molecule has 4 aromatic rings. The van der Waals surface area contributed by atoms with Crippen LogP contribution in [0.1, 0.15) is 36.6 Å². The van der Waals surface area contributed by atoms with Gasteiger partial charge in [0.25, 0.3) is 5.56 Å². The van der Waals surface area contributed by atoms with Crippen LogP contribution in [0.3, 0.4) is 0 Å². The molecule has 1 aliphatic heterocycles. The molecular weight excluding hydrogens is 656 g/mol. The molecule has 1 aromatic heterocycles. The third-order valence-electron chi connectivity index (χ3n) is 6.55. The Morgan fingerprint density at radius 2 is 1.79 bits per heavy atom. The Morgan fingerprint density at radius 1 is 1.02 bits per heavy atom. The molecule has 0 N–H and O–H groups in total. The second kappa shape index (κ2) is 13.6. The van der Waals surface area contributed by atoms with Crippen molar-refractivity contribution in [3.8, 4) is 17.2 Å². The summed E-state index contributed by atoms with van der Waals surface area (Å²) in [6, 6.07) is 17.7. The first-order chi connectivity index (χ1) is 20.8. The number of halogens is 2. The van der Waals surface area contributed by atoms with E-state index in [4.69, 9.17) is 30.5 Å². The highest BCUT2D eigenvalue weighted by Gasteiger charge is 2.31. The van der Waals surface area contributed by atoms with Gasteiger partial charge in [0.15, 0.2) is 16.3 Å². The minimum absolute atomic E-state index is 0.233. The first-order valence-corrected chi connectivity index (χ1v) is 15.5. The molecule has 222 valence electrons. The molecule has 0 amide bonds. The molecule has 0 saturated carbocycles. The van der Waals surface area contributed by atoms with Crippen LogP contribution in [0, 0.1) is 0 Å². The van der Waals surface area contributed by atoms with Crippen LogP contribution in [0.2, 0.25) is 5.02 Å². The smallest absolute Gasteiger partial charge is 0.337 e. The molecule has 0 bridgehead atoms. The van der Waals surface area contributed by atoms with Crippen molar-refractivity contribution in [1.82, 2.24) is 4.57 Å². The van der Waals surface area contributed by atoms with Gasteiger partial charge < -0.3 is 18.9 Å². The van der Waals surface area contributed by atoms with Gasteiger partial charge in [0.1, 0.15) is 12.4 Å². The van der Waals surface area contributed by atoms with Crippen molar-refractivity contribution >= 4 is 50.9 Å². The largest absolute Gasteiger partial charge is 0.490 e. The molecule has 5 rings (SSSR count). The van der Waals surface area contributed by atoms with Gasteiger partial charge in [0.2, 0.25) is 0 Å². The lowest BCUT2D eigenvalue weighted by molar-refractivity contribution is -0.136. The number of carbonyl (C=O) groups excluding carboxylic acids is 1. The number of thiazole rings is 1. The molecule has 0 saturated heterocycles. The van der Waals surface area contributed by atoms with E-state index in [-0.39, 0.29) is 11.1 Å². The van der Waals surface area contributed by atoms with Crippen molar-refractivity contribution in [3.63, 3.8) is 0 Å². The molecule has 11 heteroatoms. The van der Waals surface area contributed by atoms with E-state index >= 15 is 0 Å². The van der Waals surface area contributed by atoms with E-state index < -0.39 is 12.0 Å². The Labute approximate surface area is 265 Å². The van der Waals surface area contributed by atoms with Gasteiger partial charge in [-0.15, -0.1) is 0 Å². The number of rotatable bonds is 10. The Kier molecular flexibility index (Phi) is 9.69. The van der Waals surface area contributed by atoms with Gasteiger partial charge in [-0.2, -0.15) is 0 Å². The van der Waals surface area contributed by atoms with E-state index in [1.54, 1.807) is 18.2 Å². The Morgan fingerprint density at radius 3 is 2.51 bits per heavy atom. The topological polar surface area (TPSA) is 88.4 Å². The Bertz CT molecular complexity index is 1880. The van der Waals surface area contributed by atoms with Crippen LogP contribution in [0.4, 0.5) is 0 Å². The molecule has 0 fully saturated rings. The van der Waals surface area contributed by atoms with Crippen LogP contribution < -0.4 is 29.1 Å². The molecule has 0 radical (unpaired) electrons. The van der Waals surface area contributed by atoms with E-state index in [0.29, 0.717) is 57.0 Å². The van der Waals surface area contributed by atoms with Crippen LogP contribution in [-0.4, -0.2) is 30.9 Å². The van der Waals surface area contributed by atoms with E-state index in [1.807, 2.05) is 62.4 Å². The highest BCUT2D eigenvalue weighted by molar-refractivity contribution is 9.10. The van der Waals surface area contributed by atoms with Crippen LogP contribution >= 0.6 is 38.9 Å². The number of hydrogen-bond acceptors (Lipinski definition) is 8. The highest BCUT2D eigenvalue weighted by Crippen LogP contribution is 2.35. The van der Waals surface area contributed by atoms with Gasteiger partial charge in [-0.05, 0) is 88.9 Å². The summed E-state index contributed by atoms with van der Waals surface area (Å²) < 4.78 is 25.3. The monoisotopic (exact) mass is 682 g/mol. The average molecular weight is 684 g/mol. The summed E-state index contributed by atoms with van der Waals surface area (Å²) in [5.41, 5.74) is 2.35. The van der Waals surface area contributed by atoms with Gasteiger partial charge in [-0.25, -0.2) is 9.79 Å². The van der Waals surface area contributed by atoms with E-state index in [1.165, 1.54) is 29.2 Å². The third-order valence-corrected chi connectivity index (χ3v) is 8.40. The molecule has 0 aliphatic carbocycles. The minimum atomic E-state index is -0.769. The first-order valence-electron chi connectivity index (χ1n) is 13.5. The zero-order valence-corrected chi connectivity index (χ0v) is 26.8. The predicted octanol–water partition coefficient (Wildman–Crippen LogP) is 5.81. The number of methoxy groups -OCH3 is 1. The molecule has 0 spiro atoms. The van der Waals surface area contributed by atoms with Gasteiger partial charge in [-0.3, -0.25) is 9.36 Å². The maximum Gasteiger partial charge on any atom is 0.337 e. The van der Waals surface area contributed by atoms with Gasteiger partial charge >= 0.3 is 5.97 Å². The second-order valence-corrected chi connectivity index (χ2v) is 11.7. The van der Waals surface area contributed by atoms with Crippen molar-refractivity contribution in [2.45, 2.75) is 26.5 Å². The SMILES string of the molecule is CCOc1ccc([C@H]2C(C(=O)OC)=CN=c3s/c(=C/c4ccc(OCc5cccc(Cl)c5)c(Br)c4)c(=O)n32)cc1OCC. The molecule has 1 atom stereocenters. The molecule has 1 aliphatic rings. The molecule has 43 heavy (non-hydrogen) atoms. The van der Waals surface area contributed by atoms with Crippen LogP contribution in [0.25, 0.3) is 6.08 Å². The highest BCUT2D eigenvalue weighted by atomic mass is 79.9. The van der Waals surface area contributed by atoms with E-state index in [2.05, 4.69) is 20.9 Å². The zero-order chi connectivity index (χ0) is 30.5. The lowest BCUT2D eigenvalue weighted by atomic mass is 9.97. The molecule has 3 aromatic carbocycles. The second-order valence-electron chi connectivity index (χ2n) is 9.36. The lowest BCUT2D eigenvalue weighted by Gasteiger charge is -2.23. The number of esters is 1. The number of carbonyl (C=O) groups is 1. The molecular formula is C32H28BrClN2O6S. The summed E-state index contributed by atoms with van der Waals surface area (Å²) in [7, 11) is 1.30. The van der Waals surface area contributed by atoms with Crippen molar-refractivity contribution in [3.05, 3.63) is 118 Å². The number of aromatic nitrogens is 1. The summed E-state index contributed by atoms with van der Waals surface area (Å²) in [6.45, 7) is 5.01. The Balaban J connectivity index is 1.51. The average Bonchev–Trinajstić information content (AvgIpc) is 3.31. The quantitative estimate of drug-likeness (QED) is 0.196. The van der Waals surface area contributed by atoms with Crippen LogP contribution in [-0.2, 0) is 16.1 Å². The number of nitrogens with zero attached hydrogens (tertiary/aromatic N) is 2. The van der Waals surface area contributed by atoms with Crippen molar-refractivity contribution in [2.75, 3.05) is 20.3 Å². The maximum absolute atomic E-state index is 13.9. The predicted molar refractivity (Wildman–Crippen MR) is 170 cm³/mol. The standard InChI is InChI=1S/C32H28BrClN2O6S/c1-4-40-26-12-10-21(16-27(26)41-5-2)29-23(31(38)39-3)17-35-32-36(29)30(37)28(43-32)15-19-9-11-25(24(33)14-19)42-18-20-7-6-8-22(34)13-20/h6-17,29H,4-5,18H2,1-3H3/b28-15+/t29-/m0/s1. The number of benzene rings is 3. The number of hydrogen-bond donors (Lipinski definition) is 0. The van der Waals surface area contributed by atoms with E-state index in [0.717, 1.165) is 15.6 Å². The number of ether oxygens (including phenoxy) is 4. The molecule has 2 heterocycles. The van der Waals surface area contributed by atoms with Gasteiger partial charge in [-0.1, -0.05) is 47.2 Å².